The van der Waals surface area contributed by atoms with Gasteiger partial charge in [0.15, 0.2) is 0 Å². The number of hydrogen-bond acceptors (Lipinski definition) is 5. The number of hydrogen-bond donors (Lipinski definition) is 1. The monoisotopic (exact) mass is 445 g/mol. The van der Waals surface area contributed by atoms with E-state index in [2.05, 4.69) is 27.3 Å². The SMILES string of the molecule is CNC(=O)C1(Cc2ccccc2-c2ccncc2)CCN(Cc2cc(OC)cc(OC)c2)C1. The first kappa shape index (κ1) is 22.8. The van der Waals surface area contributed by atoms with Gasteiger partial charge in [-0.05, 0) is 65.9 Å². The van der Waals surface area contributed by atoms with E-state index in [0.717, 1.165) is 47.7 Å². The maximum Gasteiger partial charge on any atom is 0.227 e. The van der Waals surface area contributed by atoms with Gasteiger partial charge in [-0.15, -0.1) is 0 Å². The summed E-state index contributed by atoms with van der Waals surface area (Å²) in [6.45, 7) is 2.28. The minimum Gasteiger partial charge on any atom is -0.497 e. The number of benzene rings is 2. The first-order valence-corrected chi connectivity index (χ1v) is 11.2. The summed E-state index contributed by atoms with van der Waals surface area (Å²) in [4.78, 5) is 19.7. The van der Waals surface area contributed by atoms with Gasteiger partial charge in [0.1, 0.15) is 11.5 Å². The molecular weight excluding hydrogens is 414 g/mol. The Morgan fingerprint density at radius 3 is 2.42 bits per heavy atom. The molecule has 2 aromatic carbocycles. The van der Waals surface area contributed by atoms with Crippen molar-refractivity contribution in [2.24, 2.45) is 5.41 Å². The van der Waals surface area contributed by atoms with Gasteiger partial charge < -0.3 is 14.8 Å². The molecule has 0 bridgehead atoms. The van der Waals surface area contributed by atoms with Gasteiger partial charge in [-0.25, -0.2) is 0 Å². The van der Waals surface area contributed by atoms with Gasteiger partial charge in [0.2, 0.25) is 5.91 Å². The second-order valence-electron chi connectivity index (χ2n) is 8.61. The van der Waals surface area contributed by atoms with Crippen molar-refractivity contribution < 1.29 is 14.3 Å². The molecule has 4 rings (SSSR count). The fraction of sp³-hybridized carbons (Fsp3) is 0.333. The molecule has 1 aliphatic heterocycles. The van der Waals surface area contributed by atoms with Crippen molar-refractivity contribution in [2.75, 3.05) is 34.4 Å². The van der Waals surface area contributed by atoms with Crippen LogP contribution in [0.2, 0.25) is 0 Å². The molecule has 6 heteroatoms. The molecule has 33 heavy (non-hydrogen) atoms. The van der Waals surface area contributed by atoms with Crippen LogP contribution in [0.4, 0.5) is 0 Å². The zero-order valence-electron chi connectivity index (χ0n) is 19.5. The minimum atomic E-state index is -0.485. The Bertz CT molecular complexity index is 1080. The van der Waals surface area contributed by atoms with E-state index in [4.69, 9.17) is 9.47 Å². The lowest BCUT2D eigenvalue weighted by atomic mass is 9.78. The number of methoxy groups -OCH3 is 2. The highest BCUT2D eigenvalue weighted by atomic mass is 16.5. The Balaban J connectivity index is 1.59. The van der Waals surface area contributed by atoms with Crippen molar-refractivity contribution >= 4 is 5.91 Å². The number of amides is 1. The molecule has 0 aliphatic carbocycles. The van der Waals surface area contributed by atoms with Crippen LogP contribution in [0, 0.1) is 5.41 Å². The molecule has 1 aromatic heterocycles. The van der Waals surface area contributed by atoms with Crippen LogP contribution < -0.4 is 14.8 Å². The lowest BCUT2D eigenvalue weighted by Gasteiger charge is -2.29. The summed E-state index contributed by atoms with van der Waals surface area (Å²) in [5, 5.41) is 2.93. The molecule has 1 fully saturated rings. The molecule has 0 spiro atoms. The summed E-state index contributed by atoms with van der Waals surface area (Å²) in [7, 11) is 5.05. The van der Waals surface area contributed by atoms with Gasteiger partial charge in [-0.2, -0.15) is 0 Å². The van der Waals surface area contributed by atoms with Gasteiger partial charge in [0, 0.05) is 38.6 Å². The maximum absolute atomic E-state index is 13.2. The molecule has 6 nitrogen and oxygen atoms in total. The molecule has 1 N–H and O–H groups in total. The van der Waals surface area contributed by atoms with Crippen molar-refractivity contribution in [1.29, 1.82) is 0 Å². The van der Waals surface area contributed by atoms with Gasteiger partial charge in [0.05, 0.1) is 19.6 Å². The third-order valence-corrected chi connectivity index (χ3v) is 6.50. The summed E-state index contributed by atoms with van der Waals surface area (Å²) in [6, 6.07) is 18.3. The normalized spacial score (nSPS) is 18.2. The molecule has 1 saturated heterocycles. The van der Waals surface area contributed by atoms with Crippen LogP contribution in [0.5, 0.6) is 11.5 Å². The number of nitrogens with zero attached hydrogens (tertiary/aromatic N) is 2. The van der Waals surface area contributed by atoms with E-state index in [1.165, 1.54) is 5.56 Å². The molecule has 2 heterocycles. The predicted octanol–water partition coefficient (Wildman–Crippen LogP) is 3.95. The first-order valence-electron chi connectivity index (χ1n) is 11.2. The van der Waals surface area contributed by atoms with Crippen LogP contribution in [0.1, 0.15) is 17.5 Å². The van der Waals surface area contributed by atoms with E-state index in [9.17, 15) is 4.79 Å². The van der Waals surface area contributed by atoms with Crippen LogP contribution in [0.25, 0.3) is 11.1 Å². The Morgan fingerprint density at radius 2 is 1.76 bits per heavy atom. The Kier molecular flexibility index (Phi) is 6.94. The van der Waals surface area contributed by atoms with Crippen molar-refractivity contribution in [3.05, 3.63) is 78.1 Å². The molecule has 0 saturated carbocycles. The summed E-state index contributed by atoms with van der Waals surface area (Å²) in [5.74, 6) is 1.64. The van der Waals surface area contributed by atoms with Crippen molar-refractivity contribution in [3.63, 3.8) is 0 Å². The van der Waals surface area contributed by atoms with Gasteiger partial charge in [-0.3, -0.25) is 14.7 Å². The lowest BCUT2D eigenvalue weighted by Crippen LogP contribution is -2.43. The number of nitrogens with one attached hydrogen (secondary N) is 1. The van der Waals surface area contributed by atoms with Crippen LogP contribution in [0.15, 0.2) is 67.0 Å². The number of carbonyl (C=O) groups is 1. The quantitative estimate of drug-likeness (QED) is 0.569. The Labute approximate surface area is 195 Å². The maximum atomic E-state index is 13.2. The highest BCUT2D eigenvalue weighted by Gasteiger charge is 2.44. The lowest BCUT2D eigenvalue weighted by molar-refractivity contribution is -0.130. The first-order chi connectivity index (χ1) is 16.1. The van der Waals surface area contributed by atoms with E-state index in [1.54, 1.807) is 33.7 Å². The molecule has 3 aromatic rings. The second kappa shape index (κ2) is 10.0. The Hall–Kier alpha value is -3.38. The number of ether oxygens (including phenoxy) is 2. The number of pyridine rings is 1. The molecule has 172 valence electrons. The molecule has 1 unspecified atom stereocenters. The second-order valence-corrected chi connectivity index (χ2v) is 8.61. The van der Waals surface area contributed by atoms with Crippen LogP contribution >= 0.6 is 0 Å². The zero-order valence-corrected chi connectivity index (χ0v) is 19.5. The topological polar surface area (TPSA) is 63.7 Å². The van der Waals surface area contributed by atoms with Gasteiger partial charge >= 0.3 is 0 Å². The fourth-order valence-corrected chi connectivity index (χ4v) is 4.84. The highest BCUT2D eigenvalue weighted by molar-refractivity contribution is 5.84. The van der Waals surface area contributed by atoms with Gasteiger partial charge in [0.25, 0.3) is 0 Å². The van der Waals surface area contributed by atoms with Crippen LogP contribution in [0.3, 0.4) is 0 Å². The van der Waals surface area contributed by atoms with E-state index >= 15 is 0 Å². The van der Waals surface area contributed by atoms with Crippen molar-refractivity contribution in [2.45, 2.75) is 19.4 Å². The molecule has 0 radical (unpaired) electrons. The minimum absolute atomic E-state index is 0.0951. The summed E-state index contributed by atoms with van der Waals surface area (Å²) in [5.41, 5.74) is 4.07. The van der Waals surface area contributed by atoms with Crippen molar-refractivity contribution in [1.82, 2.24) is 15.2 Å². The number of rotatable bonds is 8. The van der Waals surface area contributed by atoms with E-state index < -0.39 is 5.41 Å². The molecular formula is C27H31N3O3. The third kappa shape index (κ3) is 5.01. The van der Waals surface area contributed by atoms with Gasteiger partial charge in [-0.1, -0.05) is 24.3 Å². The van der Waals surface area contributed by atoms with E-state index in [1.807, 2.05) is 42.5 Å². The summed E-state index contributed by atoms with van der Waals surface area (Å²) in [6.07, 6.45) is 5.10. The van der Waals surface area contributed by atoms with E-state index in [-0.39, 0.29) is 5.91 Å². The smallest absolute Gasteiger partial charge is 0.227 e. The molecule has 1 amide bonds. The summed E-state index contributed by atoms with van der Waals surface area (Å²) < 4.78 is 10.9. The average molecular weight is 446 g/mol. The number of aromatic nitrogens is 1. The average Bonchev–Trinajstić information content (AvgIpc) is 3.27. The molecule has 1 atom stereocenters. The number of carbonyl (C=O) groups excluding carboxylic acids is 1. The summed E-state index contributed by atoms with van der Waals surface area (Å²) >= 11 is 0. The van der Waals surface area contributed by atoms with Crippen LogP contribution in [-0.4, -0.2) is 50.1 Å². The fourth-order valence-electron chi connectivity index (χ4n) is 4.84. The number of likely N-dealkylation sites (tertiary alicyclic amines) is 1. The molecule has 1 aliphatic rings. The largest absolute Gasteiger partial charge is 0.497 e. The Morgan fingerprint density at radius 1 is 1.06 bits per heavy atom. The van der Waals surface area contributed by atoms with E-state index in [0.29, 0.717) is 13.0 Å². The standard InChI is InChI=1S/C27H31N3O3/c1-28-26(31)27(17-22-6-4-5-7-25(22)21-8-11-29-12-9-21)10-13-30(19-27)18-20-14-23(32-2)16-24(15-20)33-3/h4-9,11-12,14-16H,10,13,17-19H2,1-3H3,(H,28,31). The van der Waals surface area contributed by atoms with Crippen molar-refractivity contribution in [3.8, 4) is 22.6 Å². The zero-order chi connectivity index (χ0) is 23.3. The highest BCUT2D eigenvalue weighted by Crippen LogP contribution is 2.38. The predicted molar refractivity (Wildman–Crippen MR) is 129 cm³/mol. The third-order valence-electron chi connectivity index (χ3n) is 6.50. The van der Waals surface area contributed by atoms with Crippen LogP contribution in [-0.2, 0) is 17.8 Å².